The van der Waals surface area contributed by atoms with E-state index in [1.807, 2.05) is 29.6 Å². The molecule has 0 aliphatic heterocycles. The molecule has 0 spiro atoms. The summed E-state index contributed by atoms with van der Waals surface area (Å²) in [5, 5.41) is 3.44. The molecule has 2 heterocycles. The molecule has 0 aliphatic rings. The van der Waals surface area contributed by atoms with Crippen LogP contribution in [0.5, 0.6) is 0 Å². The zero-order chi connectivity index (χ0) is 11.0. The average Bonchev–Trinajstić information content (AvgIpc) is 2.82. The van der Waals surface area contributed by atoms with Gasteiger partial charge in [-0.1, -0.05) is 12.1 Å². The molecule has 1 aromatic carbocycles. The minimum absolute atomic E-state index is 0.0274. The van der Waals surface area contributed by atoms with Gasteiger partial charge in [-0.25, -0.2) is 4.98 Å². The van der Waals surface area contributed by atoms with Crippen LogP contribution in [-0.4, -0.2) is 9.97 Å². The highest BCUT2D eigenvalue weighted by atomic mass is 32.1. The summed E-state index contributed by atoms with van der Waals surface area (Å²) in [6, 6.07) is 9.08. The van der Waals surface area contributed by atoms with Gasteiger partial charge in [0.05, 0.1) is 5.69 Å². The van der Waals surface area contributed by atoms with Gasteiger partial charge in [0, 0.05) is 28.5 Å². The number of thiazole rings is 1. The summed E-state index contributed by atoms with van der Waals surface area (Å²) < 4.78 is 0. The van der Waals surface area contributed by atoms with Gasteiger partial charge in [-0.2, -0.15) is 0 Å². The van der Waals surface area contributed by atoms with Crippen molar-refractivity contribution in [1.82, 2.24) is 9.97 Å². The number of aromatic nitrogens is 2. The number of hydrogen-bond acceptors (Lipinski definition) is 3. The Morgan fingerprint density at radius 2 is 2.12 bits per heavy atom. The van der Waals surface area contributed by atoms with Gasteiger partial charge in [-0.15, -0.1) is 11.3 Å². The lowest BCUT2D eigenvalue weighted by atomic mass is 10.2. The van der Waals surface area contributed by atoms with Gasteiger partial charge in [-0.3, -0.25) is 4.79 Å². The van der Waals surface area contributed by atoms with E-state index in [4.69, 9.17) is 0 Å². The first kappa shape index (κ1) is 9.30. The monoisotopic (exact) mass is 228 g/mol. The van der Waals surface area contributed by atoms with E-state index in [0.717, 1.165) is 16.2 Å². The Kier molecular flexibility index (Phi) is 2.08. The van der Waals surface area contributed by atoms with Crippen LogP contribution in [0.25, 0.3) is 21.6 Å². The molecule has 0 fully saturated rings. The Labute approximate surface area is 95.4 Å². The van der Waals surface area contributed by atoms with Crippen molar-refractivity contribution in [3.05, 3.63) is 52.1 Å². The molecule has 78 valence electrons. The Hall–Kier alpha value is -1.94. The zero-order valence-electron chi connectivity index (χ0n) is 8.31. The smallest absolute Gasteiger partial charge is 0.190 e. The van der Waals surface area contributed by atoms with Crippen LogP contribution >= 0.6 is 11.3 Å². The third kappa shape index (κ3) is 1.44. The van der Waals surface area contributed by atoms with E-state index in [9.17, 15) is 4.79 Å². The summed E-state index contributed by atoms with van der Waals surface area (Å²) in [5.41, 5.74) is 1.65. The highest BCUT2D eigenvalue weighted by Gasteiger charge is 2.04. The largest absolute Gasteiger partial charge is 0.352 e. The number of pyridine rings is 1. The van der Waals surface area contributed by atoms with Gasteiger partial charge >= 0.3 is 0 Å². The third-order valence-corrected chi connectivity index (χ3v) is 3.21. The number of rotatable bonds is 1. The van der Waals surface area contributed by atoms with Crippen LogP contribution in [0.1, 0.15) is 0 Å². The van der Waals surface area contributed by atoms with E-state index in [2.05, 4.69) is 9.97 Å². The van der Waals surface area contributed by atoms with Crippen LogP contribution in [0.15, 0.2) is 46.7 Å². The molecule has 0 bridgehead atoms. The molecule has 16 heavy (non-hydrogen) atoms. The molecule has 0 radical (unpaired) electrons. The summed E-state index contributed by atoms with van der Waals surface area (Å²) in [6.07, 6.45) is 1.73. The fourth-order valence-corrected chi connectivity index (χ4v) is 2.28. The summed E-state index contributed by atoms with van der Waals surface area (Å²) in [7, 11) is 0. The third-order valence-electron chi connectivity index (χ3n) is 2.40. The van der Waals surface area contributed by atoms with Crippen LogP contribution in [0.2, 0.25) is 0 Å². The first-order valence-corrected chi connectivity index (χ1v) is 5.74. The number of aromatic amines is 1. The molecule has 0 saturated carbocycles. The van der Waals surface area contributed by atoms with Crippen molar-refractivity contribution >= 4 is 22.2 Å². The van der Waals surface area contributed by atoms with Crippen molar-refractivity contribution in [3.8, 4) is 10.7 Å². The highest BCUT2D eigenvalue weighted by molar-refractivity contribution is 7.13. The Bertz CT molecular complexity index is 686. The number of nitrogens with one attached hydrogen (secondary N) is 1. The minimum Gasteiger partial charge on any atom is -0.352 e. The lowest BCUT2D eigenvalue weighted by molar-refractivity contribution is 1.33. The number of H-pyrrole nitrogens is 1. The predicted octanol–water partition coefficient (Wildman–Crippen LogP) is 2.65. The Morgan fingerprint density at radius 3 is 2.94 bits per heavy atom. The number of para-hydroxylation sites is 1. The van der Waals surface area contributed by atoms with Crippen molar-refractivity contribution in [2.45, 2.75) is 0 Å². The SMILES string of the molecule is O=c1cc(-c2nccs2)[nH]c2ccccc12. The zero-order valence-corrected chi connectivity index (χ0v) is 9.12. The summed E-state index contributed by atoms with van der Waals surface area (Å²) in [4.78, 5) is 19.3. The van der Waals surface area contributed by atoms with Crippen molar-refractivity contribution in [2.24, 2.45) is 0 Å². The van der Waals surface area contributed by atoms with Crippen molar-refractivity contribution in [2.75, 3.05) is 0 Å². The number of fused-ring (bicyclic) bond motifs is 1. The summed E-state index contributed by atoms with van der Waals surface area (Å²) in [5.74, 6) is 0. The number of hydrogen-bond donors (Lipinski definition) is 1. The molecule has 4 heteroatoms. The lowest BCUT2D eigenvalue weighted by Gasteiger charge is -2.00. The maximum absolute atomic E-state index is 11.9. The van der Waals surface area contributed by atoms with Gasteiger partial charge in [0.1, 0.15) is 5.01 Å². The molecule has 0 atom stereocenters. The van der Waals surface area contributed by atoms with Gasteiger partial charge in [-0.05, 0) is 12.1 Å². The van der Waals surface area contributed by atoms with E-state index in [-0.39, 0.29) is 5.43 Å². The van der Waals surface area contributed by atoms with E-state index >= 15 is 0 Å². The van der Waals surface area contributed by atoms with Crippen LogP contribution in [-0.2, 0) is 0 Å². The highest BCUT2D eigenvalue weighted by Crippen LogP contribution is 2.19. The number of nitrogens with zero attached hydrogens (tertiary/aromatic N) is 1. The molecule has 0 saturated heterocycles. The maximum atomic E-state index is 11.9. The molecular formula is C12H8N2OS. The molecule has 2 aromatic heterocycles. The van der Waals surface area contributed by atoms with Gasteiger partial charge in [0.2, 0.25) is 0 Å². The summed E-state index contributed by atoms with van der Waals surface area (Å²) >= 11 is 1.51. The average molecular weight is 228 g/mol. The minimum atomic E-state index is 0.0274. The second kappa shape index (κ2) is 3.57. The fraction of sp³-hybridized carbons (Fsp3) is 0. The van der Waals surface area contributed by atoms with E-state index in [0.29, 0.717) is 5.39 Å². The Morgan fingerprint density at radius 1 is 1.25 bits per heavy atom. The fourth-order valence-electron chi connectivity index (χ4n) is 1.67. The van der Waals surface area contributed by atoms with E-state index in [1.165, 1.54) is 11.3 Å². The normalized spacial score (nSPS) is 10.8. The van der Waals surface area contributed by atoms with Gasteiger partial charge in [0.25, 0.3) is 0 Å². The molecule has 3 aromatic rings. The topological polar surface area (TPSA) is 45.8 Å². The molecule has 3 rings (SSSR count). The molecular weight excluding hydrogens is 220 g/mol. The van der Waals surface area contributed by atoms with Crippen molar-refractivity contribution in [3.63, 3.8) is 0 Å². The second-order valence-electron chi connectivity index (χ2n) is 3.43. The van der Waals surface area contributed by atoms with Crippen LogP contribution in [0, 0.1) is 0 Å². The first-order chi connectivity index (χ1) is 7.84. The van der Waals surface area contributed by atoms with E-state index < -0.39 is 0 Å². The summed E-state index contributed by atoms with van der Waals surface area (Å²) in [6.45, 7) is 0. The molecule has 0 aliphatic carbocycles. The second-order valence-corrected chi connectivity index (χ2v) is 4.32. The van der Waals surface area contributed by atoms with Gasteiger partial charge < -0.3 is 4.98 Å². The van der Waals surface area contributed by atoms with E-state index in [1.54, 1.807) is 12.3 Å². The van der Waals surface area contributed by atoms with Crippen LogP contribution < -0.4 is 5.43 Å². The number of benzene rings is 1. The van der Waals surface area contributed by atoms with Crippen molar-refractivity contribution < 1.29 is 0 Å². The standard InChI is InChI=1S/C12H8N2OS/c15-11-7-10(12-13-5-6-16-12)14-9-4-2-1-3-8(9)11/h1-7H,(H,14,15). The molecule has 1 N–H and O–H groups in total. The van der Waals surface area contributed by atoms with Crippen LogP contribution in [0.3, 0.4) is 0 Å². The first-order valence-electron chi connectivity index (χ1n) is 4.86. The quantitative estimate of drug-likeness (QED) is 0.696. The predicted molar refractivity (Wildman–Crippen MR) is 65.7 cm³/mol. The lowest BCUT2D eigenvalue weighted by Crippen LogP contribution is -2.02. The maximum Gasteiger partial charge on any atom is 0.190 e. The Balaban J connectivity index is 2.34. The van der Waals surface area contributed by atoms with Gasteiger partial charge in [0.15, 0.2) is 5.43 Å². The van der Waals surface area contributed by atoms with Crippen LogP contribution in [0.4, 0.5) is 0 Å². The molecule has 0 amide bonds. The molecule has 3 nitrogen and oxygen atoms in total. The van der Waals surface area contributed by atoms with Crippen molar-refractivity contribution in [1.29, 1.82) is 0 Å². The molecule has 0 unspecified atom stereocenters.